The minimum Gasteiger partial charge on any atom is -0.497 e. The summed E-state index contributed by atoms with van der Waals surface area (Å²) in [6.07, 6.45) is 1.59. The zero-order chi connectivity index (χ0) is 13.1. The van der Waals surface area contributed by atoms with Crippen molar-refractivity contribution in [3.8, 4) is 5.75 Å². The summed E-state index contributed by atoms with van der Waals surface area (Å²) in [7, 11) is 3.45. The van der Waals surface area contributed by atoms with E-state index in [0.29, 0.717) is 23.2 Å². The Morgan fingerprint density at radius 2 is 2.28 bits per heavy atom. The molecule has 1 aromatic heterocycles. The second-order valence-electron chi connectivity index (χ2n) is 4.27. The van der Waals surface area contributed by atoms with Gasteiger partial charge in [0.25, 0.3) is 5.56 Å². The van der Waals surface area contributed by atoms with Crippen molar-refractivity contribution in [2.24, 2.45) is 0 Å². The average molecular weight is 247 g/mol. The molecule has 0 bridgehead atoms. The lowest BCUT2D eigenvalue weighted by atomic mass is 10.2. The molecule has 1 N–H and O–H groups in total. The van der Waals surface area contributed by atoms with Crippen LogP contribution in [0.2, 0.25) is 0 Å². The Labute approximate surface area is 105 Å². The Balaban J connectivity index is 2.51. The Morgan fingerprint density at radius 1 is 1.50 bits per heavy atom. The first-order valence-corrected chi connectivity index (χ1v) is 5.86. The molecule has 0 aliphatic rings. The highest BCUT2D eigenvalue weighted by Gasteiger charge is 2.07. The molecule has 2 rings (SSSR count). The van der Waals surface area contributed by atoms with E-state index < -0.39 is 0 Å². The Kier molecular flexibility index (Phi) is 3.62. The first kappa shape index (κ1) is 12.6. The predicted octanol–water partition coefficient (Wildman–Crippen LogP) is 1.01. The smallest absolute Gasteiger partial charge is 0.261 e. The molecule has 0 saturated carbocycles. The number of aromatic nitrogens is 2. The third kappa shape index (κ3) is 2.36. The van der Waals surface area contributed by atoms with Crippen LogP contribution in [0, 0.1) is 0 Å². The first-order valence-electron chi connectivity index (χ1n) is 5.86. The maximum Gasteiger partial charge on any atom is 0.261 e. The predicted molar refractivity (Wildman–Crippen MR) is 71.1 cm³/mol. The number of likely N-dealkylation sites (N-methyl/N-ethyl adjacent to an activating group) is 1. The van der Waals surface area contributed by atoms with Gasteiger partial charge < -0.3 is 10.1 Å². The van der Waals surface area contributed by atoms with Gasteiger partial charge in [-0.15, -0.1) is 0 Å². The van der Waals surface area contributed by atoms with E-state index in [-0.39, 0.29) is 11.6 Å². The van der Waals surface area contributed by atoms with Gasteiger partial charge in [-0.05, 0) is 32.2 Å². The molecule has 0 aliphatic heterocycles. The average Bonchev–Trinajstić information content (AvgIpc) is 2.41. The minimum atomic E-state index is -0.0407. The lowest BCUT2D eigenvalue weighted by molar-refractivity contribution is 0.415. The minimum absolute atomic E-state index is 0.0407. The van der Waals surface area contributed by atoms with Crippen LogP contribution in [0.1, 0.15) is 6.92 Å². The summed E-state index contributed by atoms with van der Waals surface area (Å²) in [4.78, 5) is 16.6. The van der Waals surface area contributed by atoms with E-state index in [9.17, 15) is 4.79 Å². The van der Waals surface area contributed by atoms with Crippen LogP contribution in [-0.2, 0) is 6.54 Å². The van der Waals surface area contributed by atoms with E-state index >= 15 is 0 Å². The van der Waals surface area contributed by atoms with Crippen LogP contribution >= 0.6 is 0 Å². The number of nitrogens with zero attached hydrogens (tertiary/aromatic N) is 2. The summed E-state index contributed by atoms with van der Waals surface area (Å²) in [6, 6.07) is 5.54. The molecule has 18 heavy (non-hydrogen) atoms. The van der Waals surface area contributed by atoms with Crippen LogP contribution in [0.15, 0.2) is 29.3 Å². The summed E-state index contributed by atoms with van der Waals surface area (Å²) >= 11 is 0. The highest BCUT2D eigenvalue weighted by atomic mass is 16.5. The fraction of sp³-hybridized carbons (Fsp3) is 0.385. The van der Waals surface area contributed by atoms with Gasteiger partial charge in [0.15, 0.2) is 0 Å². The second-order valence-corrected chi connectivity index (χ2v) is 4.27. The second kappa shape index (κ2) is 5.18. The van der Waals surface area contributed by atoms with Crippen LogP contribution in [0.25, 0.3) is 10.9 Å². The Hall–Kier alpha value is -1.88. The van der Waals surface area contributed by atoms with Crippen LogP contribution in [-0.4, -0.2) is 29.8 Å². The van der Waals surface area contributed by atoms with E-state index in [4.69, 9.17) is 4.74 Å². The molecule has 1 heterocycles. The Morgan fingerprint density at radius 3 is 2.94 bits per heavy atom. The molecular formula is C13H17N3O2. The van der Waals surface area contributed by atoms with E-state index in [1.165, 1.54) is 0 Å². The summed E-state index contributed by atoms with van der Waals surface area (Å²) in [5.41, 5.74) is 0.648. The zero-order valence-corrected chi connectivity index (χ0v) is 10.8. The van der Waals surface area contributed by atoms with Gasteiger partial charge in [0, 0.05) is 12.6 Å². The number of nitrogens with one attached hydrogen (secondary N) is 1. The van der Waals surface area contributed by atoms with Crippen molar-refractivity contribution in [1.82, 2.24) is 14.9 Å². The molecule has 0 aliphatic carbocycles. The van der Waals surface area contributed by atoms with Gasteiger partial charge in [0.1, 0.15) is 5.75 Å². The monoisotopic (exact) mass is 247 g/mol. The van der Waals surface area contributed by atoms with Crippen LogP contribution < -0.4 is 15.6 Å². The van der Waals surface area contributed by atoms with Gasteiger partial charge in [-0.2, -0.15) is 0 Å². The summed E-state index contributed by atoms with van der Waals surface area (Å²) in [6.45, 7) is 2.61. The number of fused-ring (bicyclic) bond motifs is 1. The van der Waals surface area contributed by atoms with Gasteiger partial charge in [-0.3, -0.25) is 9.36 Å². The van der Waals surface area contributed by atoms with Crippen molar-refractivity contribution < 1.29 is 4.74 Å². The number of ether oxygens (including phenoxy) is 1. The molecule has 5 heteroatoms. The third-order valence-corrected chi connectivity index (χ3v) is 2.99. The van der Waals surface area contributed by atoms with E-state index in [1.54, 1.807) is 36.2 Å². The fourth-order valence-corrected chi connectivity index (χ4v) is 1.78. The van der Waals surface area contributed by atoms with Crippen molar-refractivity contribution in [3.05, 3.63) is 34.9 Å². The van der Waals surface area contributed by atoms with Gasteiger partial charge in [0.05, 0.1) is 24.3 Å². The molecule has 96 valence electrons. The van der Waals surface area contributed by atoms with Crippen LogP contribution in [0.5, 0.6) is 5.75 Å². The van der Waals surface area contributed by atoms with Crippen molar-refractivity contribution in [2.75, 3.05) is 14.2 Å². The Bertz CT molecular complexity index is 607. The fourth-order valence-electron chi connectivity index (χ4n) is 1.78. The normalized spacial score (nSPS) is 12.6. The number of benzene rings is 1. The van der Waals surface area contributed by atoms with Gasteiger partial charge >= 0.3 is 0 Å². The van der Waals surface area contributed by atoms with Crippen molar-refractivity contribution in [2.45, 2.75) is 19.5 Å². The number of hydrogen-bond donors (Lipinski definition) is 1. The van der Waals surface area contributed by atoms with E-state index in [0.717, 1.165) is 0 Å². The molecular weight excluding hydrogens is 230 g/mol. The molecule has 1 aromatic carbocycles. The van der Waals surface area contributed by atoms with Crippen LogP contribution in [0.4, 0.5) is 0 Å². The summed E-state index contributed by atoms with van der Waals surface area (Å²) in [5.74, 6) is 0.667. The number of rotatable bonds is 4. The molecule has 0 amide bonds. The molecule has 0 saturated heterocycles. The highest BCUT2D eigenvalue weighted by molar-refractivity contribution is 5.78. The molecule has 0 radical (unpaired) electrons. The van der Waals surface area contributed by atoms with Gasteiger partial charge in [-0.1, -0.05) is 0 Å². The molecule has 5 nitrogen and oxygen atoms in total. The molecule has 0 spiro atoms. The van der Waals surface area contributed by atoms with E-state index in [2.05, 4.69) is 10.3 Å². The maximum atomic E-state index is 12.3. The van der Waals surface area contributed by atoms with Gasteiger partial charge in [0.2, 0.25) is 0 Å². The lowest BCUT2D eigenvalue weighted by Crippen LogP contribution is -2.32. The first-order chi connectivity index (χ1) is 8.65. The molecule has 0 fully saturated rings. The summed E-state index contributed by atoms with van der Waals surface area (Å²) < 4.78 is 6.75. The lowest BCUT2D eigenvalue weighted by Gasteiger charge is -2.12. The number of methoxy groups -OCH3 is 1. The van der Waals surface area contributed by atoms with Crippen molar-refractivity contribution in [3.63, 3.8) is 0 Å². The molecule has 1 atom stereocenters. The third-order valence-electron chi connectivity index (χ3n) is 2.99. The van der Waals surface area contributed by atoms with Gasteiger partial charge in [-0.25, -0.2) is 4.98 Å². The topological polar surface area (TPSA) is 56.1 Å². The van der Waals surface area contributed by atoms with Crippen molar-refractivity contribution >= 4 is 10.9 Å². The molecule has 2 aromatic rings. The highest BCUT2D eigenvalue weighted by Crippen LogP contribution is 2.15. The van der Waals surface area contributed by atoms with Crippen LogP contribution in [0.3, 0.4) is 0 Å². The summed E-state index contributed by atoms with van der Waals surface area (Å²) in [5, 5.41) is 3.68. The maximum absolute atomic E-state index is 12.3. The standard InChI is InChI=1S/C13H17N3O2/c1-9(14-2)7-16-8-15-12-5-4-10(18-3)6-11(12)13(16)17/h4-6,8-9,14H,7H2,1-3H3. The largest absolute Gasteiger partial charge is 0.497 e. The SMILES string of the molecule is CNC(C)Cn1cnc2ccc(OC)cc2c1=O. The van der Waals surface area contributed by atoms with Crippen molar-refractivity contribution in [1.29, 1.82) is 0 Å². The number of hydrogen-bond acceptors (Lipinski definition) is 4. The zero-order valence-electron chi connectivity index (χ0n) is 10.8. The molecule has 1 unspecified atom stereocenters. The van der Waals surface area contributed by atoms with E-state index in [1.807, 2.05) is 14.0 Å². The quantitative estimate of drug-likeness (QED) is 0.876.